The molecule has 1 aliphatic rings. The molecule has 4 heterocycles. The average Bonchev–Trinajstić information content (AvgIpc) is 3.33. The van der Waals surface area contributed by atoms with Gasteiger partial charge in [-0.15, -0.1) is 0 Å². The monoisotopic (exact) mass is 621 g/mol. The van der Waals surface area contributed by atoms with Gasteiger partial charge in [-0.3, -0.25) is 9.78 Å². The van der Waals surface area contributed by atoms with Gasteiger partial charge >= 0.3 is 6.09 Å². The molecule has 11 heteroatoms. The van der Waals surface area contributed by atoms with Gasteiger partial charge in [-0.1, -0.05) is 34.3 Å². The fraction of sp³-hybridized carbons (Fsp3) is 0.515. The second kappa shape index (κ2) is 12.4. The fourth-order valence-electron chi connectivity index (χ4n) is 5.05. The van der Waals surface area contributed by atoms with Gasteiger partial charge in [-0.05, 0) is 69.6 Å². The van der Waals surface area contributed by atoms with E-state index in [0.29, 0.717) is 29.9 Å². The number of alkyl carbamates (subject to hydrolysis) is 1. The Morgan fingerprint density at radius 1 is 1.11 bits per heavy atom. The van der Waals surface area contributed by atoms with Gasteiger partial charge in [0.1, 0.15) is 23.1 Å². The highest BCUT2D eigenvalue weighted by Gasteiger charge is 2.45. The minimum absolute atomic E-state index is 0.00150. The highest BCUT2D eigenvalue weighted by Crippen LogP contribution is 2.40. The smallest absolute Gasteiger partial charge is 0.408 e. The van der Waals surface area contributed by atoms with Crippen LogP contribution in [0.15, 0.2) is 47.9 Å². The Kier molecular flexibility index (Phi) is 9.32. The molecule has 4 rings (SSSR count). The van der Waals surface area contributed by atoms with Gasteiger partial charge in [0.05, 0.1) is 29.7 Å². The summed E-state index contributed by atoms with van der Waals surface area (Å²) in [4.78, 5) is 37.5. The van der Waals surface area contributed by atoms with Gasteiger partial charge in [-0.25, -0.2) is 9.78 Å². The Hall–Kier alpha value is -3.70. The molecular formula is C33H47N5O5Si. The van der Waals surface area contributed by atoms with Crippen LogP contribution >= 0.6 is 0 Å². The quantitative estimate of drug-likeness (QED) is 0.265. The van der Waals surface area contributed by atoms with Gasteiger partial charge in [0, 0.05) is 30.8 Å². The van der Waals surface area contributed by atoms with E-state index in [1.165, 1.54) is 0 Å². The molecule has 0 radical (unpaired) electrons. The minimum atomic E-state index is -2.17. The zero-order valence-corrected chi connectivity index (χ0v) is 28.7. The van der Waals surface area contributed by atoms with Gasteiger partial charge < -0.3 is 29.1 Å². The molecule has 3 atom stereocenters. The second-order valence-corrected chi connectivity index (χ2v) is 19.1. The number of carbonyl (C=O) groups excluding carboxylic acids is 2. The molecule has 0 bridgehead atoms. The van der Waals surface area contributed by atoms with E-state index in [-0.39, 0.29) is 34.7 Å². The molecule has 44 heavy (non-hydrogen) atoms. The summed E-state index contributed by atoms with van der Waals surface area (Å²) >= 11 is 0. The summed E-state index contributed by atoms with van der Waals surface area (Å²) in [7, 11) is -2.17. The number of allylic oxidation sites excluding steroid dienone is 1. The third-order valence-corrected chi connectivity index (χ3v) is 12.8. The van der Waals surface area contributed by atoms with Gasteiger partial charge in [0.25, 0.3) is 5.91 Å². The summed E-state index contributed by atoms with van der Waals surface area (Å²) in [5.74, 6) is -0.317. The zero-order chi connectivity index (χ0) is 32.6. The zero-order valence-electron chi connectivity index (χ0n) is 27.7. The van der Waals surface area contributed by atoms with Crippen LogP contribution in [0.1, 0.15) is 71.4 Å². The number of piperidine rings is 1. The predicted octanol–water partition coefficient (Wildman–Crippen LogP) is 7.25. The third kappa shape index (κ3) is 7.50. The summed E-state index contributed by atoms with van der Waals surface area (Å²) in [6.07, 6.45) is 4.22. The Balaban J connectivity index is 1.61. The van der Waals surface area contributed by atoms with E-state index in [1.54, 1.807) is 30.8 Å². The van der Waals surface area contributed by atoms with E-state index in [1.807, 2.05) is 33.8 Å². The lowest BCUT2D eigenvalue weighted by atomic mass is 9.92. The van der Waals surface area contributed by atoms with E-state index in [4.69, 9.17) is 13.6 Å². The molecule has 0 aliphatic carbocycles. The molecule has 1 aliphatic heterocycles. The summed E-state index contributed by atoms with van der Waals surface area (Å²) in [5.41, 5.74) is 3.67. The van der Waals surface area contributed by atoms with Crippen molar-refractivity contribution in [3.8, 4) is 0 Å². The molecule has 2 N–H and O–H groups in total. The van der Waals surface area contributed by atoms with Gasteiger partial charge in [-0.2, -0.15) is 0 Å². The van der Waals surface area contributed by atoms with Crippen molar-refractivity contribution in [3.05, 3.63) is 54.7 Å². The predicted molar refractivity (Wildman–Crippen MR) is 178 cm³/mol. The Bertz CT molecular complexity index is 1540. The van der Waals surface area contributed by atoms with Crippen LogP contribution in [0.3, 0.4) is 0 Å². The molecule has 0 unspecified atom stereocenters. The number of anilines is 2. The van der Waals surface area contributed by atoms with Gasteiger partial charge in [0.2, 0.25) is 0 Å². The molecule has 1 fully saturated rings. The maximum atomic E-state index is 13.4. The van der Waals surface area contributed by atoms with Crippen LogP contribution in [0.25, 0.3) is 16.7 Å². The van der Waals surface area contributed by atoms with Crippen molar-refractivity contribution in [1.29, 1.82) is 0 Å². The van der Waals surface area contributed by atoms with E-state index >= 15 is 0 Å². The van der Waals surface area contributed by atoms with Crippen molar-refractivity contribution in [1.82, 2.24) is 15.3 Å². The molecule has 10 nitrogen and oxygen atoms in total. The third-order valence-electron chi connectivity index (χ3n) is 8.32. The number of ether oxygens (including phenoxy) is 1. The summed E-state index contributed by atoms with van der Waals surface area (Å²) in [6, 6.07) is 4.88. The number of furan rings is 1. The van der Waals surface area contributed by atoms with Crippen molar-refractivity contribution >= 4 is 48.4 Å². The lowest BCUT2D eigenvalue weighted by Crippen LogP contribution is -2.63. The van der Waals surface area contributed by atoms with E-state index in [2.05, 4.69) is 72.9 Å². The first-order valence-electron chi connectivity index (χ1n) is 15.1. The first-order valence-corrected chi connectivity index (χ1v) is 18.0. The number of pyridine rings is 2. The number of aromatic nitrogens is 2. The Morgan fingerprint density at radius 2 is 1.82 bits per heavy atom. The normalized spacial score (nSPS) is 19.5. The maximum absolute atomic E-state index is 13.4. The number of hydrogen-bond donors (Lipinski definition) is 2. The molecule has 0 aromatic carbocycles. The van der Waals surface area contributed by atoms with Crippen LogP contribution in [-0.4, -0.2) is 61.1 Å². The number of hydrogen-bond acceptors (Lipinski definition) is 8. The van der Waals surface area contributed by atoms with Crippen LogP contribution in [0.4, 0.5) is 16.2 Å². The van der Waals surface area contributed by atoms with E-state index < -0.39 is 20.0 Å². The van der Waals surface area contributed by atoms with Crippen molar-refractivity contribution in [2.24, 2.45) is 5.92 Å². The molecule has 1 saturated heterocycles. The van der Waals surface area contributed by atoms with E-state index in [0.717, 1.165) is 16.8 Å². The van der Waals surface area contributed by atoms with Crippen molar-refractivity contribution in [3.63, 3.8) is 0 Å². The molecular weight excluding hydrogens is 574 g/mol. The summed E-state index contributed by atoms with van der Waals surface area (Å²) < 4.78 is 18.1. The molecule has 238 valence electrons. The molecule has 0 saturated carbocycles. The SMILES string of the molecule is C=C(C)c1coc2ccc(C(=O)Nc3cnccc3N3C[C@H](C)[C@@H](O[Si](C)(C)C(C)(C)C)[C@H](NC(=O)OC(C)(C)C)C3)nc12. The number of nitrogens with zero attached hydrogens (tertiary/aromatic N) is 3. The standard InChI is InChI=1S/C33H47N5O5Si/c1-20(2)22-19-41-27-13-12-23(35-28(22)27)30(39)36-24-16-34-15-14-26(24)38-17-21(3)29(43-44(10,11)33(7,8)9)25(18-38)37-31(40)42-32(4,5)6/h12-16,19,21,25,29H,1,17-18H2,2-11H3,(H,36,39)(H,37,40)/t21-,25+,29+/m0/s1. The number of fused-ring (bicyclic) bond motifs is 1. The fourth-order valence-corrected chi connectivity index (χ4v) is 6.48. The Labute approximate surface area is 261 Å². The molecule has 0 spiro atoms. The maximum Gasteiger partial charge on any atom is 0.408 e. The van der Waals surface area contributed by atoms with Crippen LogP contribution in [0, 0.1) is 5.92 Å². The second-order valence-electron chi connectivity index (χ2n) is 14.3. The van der Waals surface area contributed by atoms with Crippen LogP contribution in [-0.2, 0) is 9.16 Å². The first kappa shape index (κ1) is 33.2. The number of rotatable bonds is 7. The molecule has 3 aromatic rings. The van der Waals surface area contributed by atoms with E-state index in [9.17, 15) is 9.59 Å². The number of carbonyl (C=O) groups is 2. The van der Waals surface area contributed by atoms with Crippen LogP contribution < -0.4 is 15.5 Å². The van der Waals surface area contributed by atoms with Gasteiger partial charge in [0.15, 0.2) is 13.9 Å². The van der Waals surface area contributed by atoms with Crippen molar-refractivity contribution < 1.29 is 23.2 Å². The largest absolute Gasteiger partial charge is 0.462 e. The number of amides is 2. The molecule has 2 amide bonds. The Morgan fingerprint density at radius 3 is 2.45 bits per heavy atom. The molecule has 3 aromatic heterocycles. The topological polar surface area (TPSA) is 119 Å². The number of nitrogens with one attached hydrogen (secondary N) is 2. The van der Waals surface area contributed by atoms with Crippen molar-refractivity contribution in [2.75, 3.05) is 23.3 Å². The minimum Gasteiger partial charge on any atom is -0.462 e. The van der Waals surface area contributed by atoms with Crippen molar-refractivity contribution in [2.45, 2.75) is 91.3 Å². The highest BCUT2D eigenvalue weighted by atomic mass is 28.4. The lowest BCUT2D eigenvalue weighted by molar-refractivity contribution is 0.0336. The first-order chi connectivity index (χ1) is 20.4. The summed E-state index contributed by atoms with van der Waals surface area (Å²) in [5, 5.41) is 6.12. The van der Waals surface area contributed by atoms with Crippen LogP contribution in [0.5, 0.6) is 0 Å². The van der Waals surface area contributed by atoms with Crippen LogP contribution in [0.2, 0.25) is 18.1 Å². The average molecular weight is 622 g/mol. The summed E-state index contributed by atoms with van der Waals surface area (Å²) in [6.45, 7) is 25.7. The lowest BCUT2D eigenvalue weighted by Gasteiger charge is -2.48. The highest BCUT2D eigenvalue weighted by molar-refractivity contribution is 6.74.